The number of carbonyl (C=O) groups is 1. The molecule has 0 aliphatic carbocycles. The Balaban J connectivity index is 2.63. The zero-order valence-corrected chi connectivity index (χ0v) is 13.2. The minimum absolute atomic E-state index is 0.0425. The molecule has 0 saturated heterocycles. The van der Waals surface area contributed by atoms with Crippen LogP contribution in [0.4, 0.5) is 0 Å². The molecule has 106 valence electrons. The molecule has 1 amide bonds. The van der Waals surface area contributed by atoms with Crippen molar-refractivity contribution >= 4 is 29.1 Å². The van der Waals surface area contributed by atoms with Gasteiger partial charge < -0.3 is 5.32 Å². The van der Waals surface area contributed by atoms with Gasteiger partial charge in [-0.3, -0.25) is 4.79 Å². The number of amides is 1. The smallest absolute Gasteiger partial charge is 0.252 e. The highest BCUT2D eigenvalue weighted by molar-refractivity contribution is 6.34. The number of rotatable bonds is 6. The Morgan fingerprint density at radius 1 is 1.37 bits per heavy atom. The Labute approximate surface area is 125 Å². The first kappa shape index (κ1) is 16.3. The maximum Gasteiger partial charge on any atom is 0.252 e. The van der Waals surface area contributed by atoms with Crippen LogP contribution in [0.5, 0.6) is 0 Å². The second-order valence-corrected chi connectivity index (χ2v) is 6.33. The van der Waals surface area contributed by atoms with E-state index in [1.807, 2.05) is 19.1 Å². The largest absolute Gasteiger partial charge is 0.351 e. The summed E-state index contributed by atoms with van der Waals surface area (Å²) in [7, 11) is 0. The van der Waals surface area contributed by atoms with E-state index >= 15 is 0 Å². The van der Waals surface area contributed by atoms with Gasteiger partial charge in [-0.15, -0.1) is 11.6 Å². The van der Waals surface area contributed by atoms with Crippen molar-refractivity contribution in [2.75, 3.05) is 12.4 Å². The molecule has 0 aromatic heterocycles. The molecule has 0 aliphatic heterocycles. The lowest BCUT2D eigenvalue weighted by Crippen LogP contribution is -2.34. The Bertz CT molecular complexity index is 444. The molecule has 2 nitrogen and oxygen atoms in total. The fourth-order valence-electron chi connectivity index (χ4n) is 1.87. The van der Waals surface area contributed by atoms with Crippen LogP contribution in [0.1, 0.15) is 42.6 Å². The number of hydrogen-bond donors (Lipinski definition) is 1. The summed E-state index contributed by atoms with van der Waals surface area (Å²) in [6.07, 6.45) is 1.94. The lowest BCUT2D eigenvalue weighted by Gasteiger charge is -2.24. The van der Waals surface area contributed by atoms with Gasteiger partial charge in [0.2, 0.25) is 0 Å². The predicted molar refractivity (Wildman–Crippen MR) is 82.3 cm³/mol. The fraction of sp³-hybridized carbons (Fsp3) is 0.533. The second kappa shape index (κ2) is 7.16. The molecule has 0 radical (unpaired) electrons. The van der Waals surface area contributed by atoms with Gasteiger partial charge in [-0.2, -0.15) is 0 Å². The third-order valence-electron chi connectivity index (χ3n) is 3.15. The van der Waals surface area contributed by atoms with Crippen LogP contribution < -0.4 is 5.32 Å². The molecule has 1 rings (SSSR count). The summed E-state index contributed by atoms with van der Waals surface area (Å²) in [6.45, 7) is 6.76. The van der Waals surface area contributed by atoms with Crippen LogP contribution in [-0.2, 0) is 0 Å². The standard InChI is InChI=1S/C15H21Cl2NO/c1-11-6-4-7-12(13(11)17)14(19)18-10-15(2,3)8-5-9-16/h4,6-7H,5,8-10H2,1-3H3,(H,18,19). The molecule has 4 heteroatoms. The van der Waals surface area contributed by atoms with E-state index < -0.39 is 0 Å². The van der Waals surface area contributed by atoms with E-state index in [1.54, 1.807) is 6.07 Å². The number of benzene rings is 1. The van der Waals surface area contributed by atoms with E-state index in [2.05, 4.69) is 19.2 Å². The molecule has 0 bridgehead atoms. The predicted octanol–water partition coefficient (Wildman–Crippen LogP) is 4.42. The van der Waals surface area contributed by atoms with Gasteiger partial charge in [-0.05, 0) is 36.8 Å². The number of halogens is 2. The van der Waals surface area contributed by atoms with Crippen molar-refractivity contribution < 1.29 is 4.79 Å². The molecule has 0 saturated carbocycles. The molecule has 0 spiro atoms. The van der Waals surface area contributed by atoms with Crippen molar-refractivity contribution in [1.82, 2.24) is 5.32 Å². The van der Waals surface area contributed by atoms with Gasteiger partial charge in [0.1, 0.15) is 0 Å². The summed E-state index contributed by atoms with van der Waals surface area (Å²) in [5.41, 5.74) is 1.49. The minimum atomic E-state index is -0.118. The minimum Gasteiger partial charge on any atom is -0.351 e. The first-order valence-corrected chi connectivity index (χ1v) is 7.38. The van der Waals surface area contributed by atoms with Crippen LogP contribution in [-0.4, -0.2) is 18.3 Å². The maximum atomic E-state index is 12.1. The van der Waals surface area contributed by atoms with E-state index in [-0.39, 0.29) is 11.3 Å². The molecule has 1 aromatic rings. The molecule has 19 heavy (non-hydrogen) atoms. The van der Waals surface area contributed by atoms with Crippen LogP contribution in [0.3, 0.4) is 0 Å². The first-order valence-electron chi connectivity index (χ1n) is 6.47. The average Bonchev–Trinajstić information content (AvgIpc) is 2.37. The van der Waals surface area contributed by atoms with Crippen molar-refractivity contribution in [2.24, 2.45) is 5.41 Å². The van der Waals surface area contributed by atoms with Crippen molar-refractivity contribution in [3.05, 3.63) is 34.3 Å². The number of carbonyl (C=O) groups excluding carboxylic acids is 1. The van der Waals surface area contributed by atoms with Gasteiger partial charge in [0.25, 0.3) is 5.91 Å². The lowest BCUT2D eigenvalue weighted by molar-refractivity contribution is 0.0934. The number of aryl methyl sites for hydroxylation is 1. The second-order valence-electron chi connectivity index (χ2n) is 5.58. The Morgan fingerprint density at radius 2 is 2.05 bits per heavy atom. The highest BCUT2D eigenvalue weighted by atomic mass is 35.5. The molecular weight excluding hydrogens is 281 g/mol. The molecular formula is C15H21Cl2NO. The third kappa shape index (κ3) is 5.04. The van der Waals surface area contributed by atoms with E-state index in [0.29, 0.717) is 23.0 Å². The zero-order valence-electron chi connectivity index (χ0n) is 11.7. The van der Waals surface area contributed by atoms with E-state index in [9.17, 15) is 4.79 Å². The van der Waals surface area contributed by atoms with Crippen LogP contribution in [0.15, 0.2) is 18.2 Å². The summed E-state index contributed by atoms with van der Waals surface area (Å²) >= 11 is 11.8. The van der Waals surface area contributed by atoms with Gasteiger partial charge in [0.05, 0.1) is 10.6 Å². The van der Waals surface area contributed by atoms with Crippen molar-refractivity contribution in [2.45, 2.75) is 33.6 Å². The molecule has 0 unspecified atom stereocenters. The normalized spacial score (nSPS) is 11.4. The quantitative estimate of drug-likeness (QED) is 0.774. The maximum absolute atomic E-state index is 12.1. The van der Waals surface area contributed by atoms with Gasteiger partial charge in [0.15, 0.2) is 0 Å². The highest BCUT2D eigenvalue weighted by Crippen LogP contribution is 2.23. The van der Waals surface area contributed by atoms with Crippen molar-refractivity contribution in [3.8, 4) is 0 Å². The highest BCUT2D eigenvalue weighted by Gasteiger charge is 2.19. The number of hydrogen-bond acceptors (Lipinski definition) is 1. The SMILES string of the molecule is Cc1cccc(C(=O)NCC(C)(C)CCCCl)c1Cl. The van der Waals surface area contributed by atoms with E-state index in [1.165, 1.54) is 0 Å². The van der Waals surface area contributed by atoms with Crippen LogP contribution in [0.25, 0.3) is 0 Å². The lowest BCUT2D eigenvalue weighted by atomic mass is 9.88. The summed E-state index contributed by atoms with van der Waals surface area (Å²) < 4.78 is 0. The third-order valence-corrected chi connectivity index (χ3v) is 3.92. The molecule has 0 aliphatic rings. The fourth-order valence-corrected chi connectivity index (χ4v) is 2.22. The van der Waals surface area contributed by atoms with Gasteiger partial charge in [0, 0.05) is 12.4 Å². The first-order chi connectivity index (χ1) is 8.87. The average molecular weight is 302 g/mol. The Kier molecular flexibility index (Phi) is 6.15. The summed E-state index contributed by atoms with van der Waals surface area (Å²) in [6, 6.07) is 5.48. The Hall–Kier alpha value is -0.730. The molecule has 1 aromatic carbocycles. The number of nitrogens with one attached hydrogen (secondary N) is 1. The molecule has 1 N–H and O–H groups in total. The summed E-state index contributed by atoms with van der Waals surface area (Å²) in [5, 5.41) is 3.48. The topological polar surface area (TPSA) is 29.1 Å². The zero-order chi connectivity index (χ0) is 14.5. The van der Waals surface area contributed by atoms with Crippen LogP contribution >= 0.6 is 23.2 Å². The monoisotopic (exact) mass is 301 g/mol. The summed E-state index contributed by atoms with van der Waals surface area (Å²) in [4.78, 5) is 12.1. The van der Waals surface area contributed by atoms with Crippen LogP contribution in [0, 0.1) is 12.3 Å². The van der Waals surface area contributed by atoms with E-state index in [0.717, 1.165) is 18.4 Å². The van der Waals surface area contributed by atoms with Crippen molar-refractivity contribution in [3.63, 3.8) is 0 Å². The number of alkyl halides is 1. The van der Waals surface area contributed by atoms with Crippen molar-refractivity contribution in [1.29, 1.82) is 0 Å². The Morgan fingerprint density at radius 3 is 2.68 bits per heavy atom. The molecule has 0 atom stereocenters. The van der Waals surface area contributed by atoms with E-state index in [4.69, 9.17) is 23.2 Å². The van der Waals surface area contributed by atoms with Crippen LogP contribution in [0.2, 0.25) is 5.02 Å². The van der Waals surface area contributed by atoms with Gasteiger partial charge in [-0.1, -0.05) is 37.6 Å². The summed E-state index contributed by atoms with van der Waals surface area (Å²) in [5.74, 6) is 0.536. The van der Waals surface area contributed by atoms with Gasteiger partial charge in [-0.25, -0.2) is 0 Å². The molecule has 0 fully saturated rings. The molecule has 0 heterocycles. The van der Waals surface area contributed by atoms with Gasteiger partial charge >= 0.3 is 0 Å².